The number of pyridine rings is 2. The van der Waals surface area contributed by atoms with Gasteiger partial charge in [-0.1, -0.05) is 127 Å². The van der Waals surface area contributed by atoms with Gasteiger partial charge in [-0.2, -0.15) is 0 Å². The fraction of sp³-hybridized carbons (Fsp3) is 0. The van der Waals surface area contributed by atoms with Crippen molar-refractivity contribution in [2.24, 2.45) is 0 Å². The standard InChI is InChI=1S/C48H30N2O/c1-3-10-31(11-4-1)35-14-7-15-36(30-35)32-19-21-33(22-20-32)37-16-8-17-41-42-24-23-39(45(48(42)51-47(37)41)34-12-5-2-6-13-34)38-27-29-50-46-40(38)25-26-44-43(46)18-9-28-49-44/h1-30H. The number of rotatable bonds is 5. The minimum atomic E-state index is 0.878. The smallest absolute Gasteiger partial charge is 0.143 e. The predicted molar refractivity (Wildman–Crippen MR) is 212 cm³/mol. The quantitative estimate of drug-likeness (QED) is 0.174. The number of benzene rings is 7. The molecule has 10 rings (SSSR count). The Kier molecular flexibility index (Phi) is 6.81. The Balaban J connectivity index is 1.13. The normalized spacial score (nSPS) is 11.5. The van der Waals surface area contributed by atoms with Gasteiger partial charge in [0.05, 0.1) is 11.0 Å². The molecule has 10 aromatic rings. The summed E-state index contributed by atoms with van der Waals surface area (Å²) in [6, 6.07) is 60.0. The molecule has 0 N–H and O–H groups in total. The summed E-state index contributed by atoms with van der Waals surface area (Å²) < 4.78 is 7.02. The molecular weight excluding hydrogens is 621 g/mol. The Hall–Kier alpha value is -6.84. The lowest BCUT2D eigenvalue weighted by Crippen LogP contribution is -1.90. The molecule has 0 amide bonds. The van der Waals surface area contributed by atoms with E-state index >= 15 is 0 Å². The number of para-hydroxylation sites is 1. The van der Waals surface area contributed by atoms with Gasteiger partial charge in [-0.05, 0) is 87.0 Å². The van der Waals surface area contributed by atoms with Crippen molar-refractivity contribution >= 4 is 43.7 Å². The Morgan fingerprint density at radius 1 is 0.333 bits per heavy atom. The van der Waals surface area contributed by atoms with Crippen LogP contribution in [0.25, 0.3) is 99.4 Å². The molecule has 0 aliphatic carbocycles. The Morgan fingerprint density at radius 2 is 0.980 bits per heavy atom. The van der Waals surface area contributed by atoms with Crippen LogP contribution in [0.4, 0.5) is 0 Å². The Morgan fingerprint density at radius 3 is 1.78 bits per heavy atom. The summed E-state index contributed by atoms with van der Waals surface area (Å²) in [5.74, 6) is 0. The second kappa shape index (κ2) is 11.9. The third-order valence-corrected chi connectivity index (χ3v) is 10.0. The van der Waals surface area contributed by atoms with Gasteiger partial charge in [-0.25, -0.2) is 0 Å². The molecule has 0 atom stereocenters. The second-order valence-corrected chi connectivity index (χ2v) is 12.9. The maximum absolute atomic E-state index is 7.02. The maximum atomic E-state index is 7.02. The molecule has 0 unspecified atom stereocenters. The summed E-state index contributed by atoms with van der Waals surface area (Å²) in [4.78, 5) is 9.40. The molecule has 7 aromatic carbocycles. The van der Waals surface area contributed by atoms with Gasteiger partial charge in [0, 0.05) is 45.1 Å². The average molecular weight is 651 g/mol. The van der Waals surface area contributed by atoms with E-state index in [1.165, 1.54) is 22.3 Å². The average Bonchev–Trinajstić information content (AvgIpc) is 3.60. The van der Waals surface area contributed by atoms with Gasteiger partial charge in [0.2, 0.25) is 0 Å². The molecule has 3 heteroatoms. The molecule has 0 radical (unpaired) electrons. The monoisotopic (exact) mass is 650 g/mol. The molecule has 51 heavy (non-hydrogen) atoms. The zero-order valence-corrected chi connectivity index (χ0v) is 27.6. The molecule has 238 valence electrons. The van der Waals surface area contributed by atoms with Crippen LogP contribution in [0.2, 0.25) is 0 Å². The van der Waals surface area contributed by atoms with Crippen LogP contribution in [0.3, 0.4) is 0 Å². The van der Waals surface area contributed by atoms with Crippen LogP contribution >= 0.6 is 0 Å². The molecule has 0 aliphatic heterocycles. The molecule has 0 spiro atoms. The first-order valence-electron chi connectivity index (χ1n) is 17.2. The number of hydrogen-bond acceptors (Lipinski definition) is 3. The third-order valence-electron chi connectivity index (χ3n) is 10.0. The highest BCUT2D eigenvalue weighted by molar-refractivity contribution is 6.17. The van der Waals surface area contributed by atoms with Crippen LogP contribution in [0.5, 0.6) is 0 Å². The minimum absolute atomic E-state index is 0.878. The first-order valence-corrected chi connectivity index (χ1v) is 17.2. The zero-order valence-electron chi connectivity index (χ0n) is 27.6. The summed E-state index contributed by atoms with van der Waals surface area (Å²) in [5.41, 5.74) is 15.0. The van der Waals surface area contributed by atoms with E-state index in [1.807, 2.05) is 18.5 Å². The molecule has 3 heterocycles. The first-order chi connectivity index (χ1) is 25.3. The fourth-order valence-corrected chi connectivity index (χ4v) is 7.56. The Bertz CT molecular complexity index is 2890. The van der Waals surface area contributed by atoms with Gasteiger partial charge in [-0.3, -0.25) is 9.97 Å². The molecular formula is C48H30N2O. The van der Waals surface area contributed by atoms with Crippen LogP contribution in [0.15, 0.2) is 187 Å². The second-order valence-electron chi connectivity index (χ2n) is 12.9. The van der Waals surface area contributed by atoms with Crippen LogP contribution in [-0.4, -0.2) is 9.97 Å². The highest BCUT2D eigenvalue weighted by atomic mass is 16.3. The molecule has 0 saturated carbocycles. The van der Waals surface area contributed by atoms with E-state index < -0.39 is 0 Å². The molecule has 0 saturated heterocycles. The van der Waals surface area contributed by atoms with E-state index in [4.69, 9.17) is 9.40 Å². The molecule has 0 bridgehead atoms. The van der Waals surface area contributed by atoms with E-state index in [2.05, 4.69) is 169 Å². The van der Waals surface area contributed by atoms with Crippen molar-refractivity contribution in [2.45, 2.75) is 0 Å². The summed E-state index contributed by atoms with van der Waals surface area (Å²) in [6.45, 7) is 0. The number of aromatic nitrogens is 2. The van der Waals surface area contributed by atoms with E-state index in [1.54, 1.807) is 0 Å². The van der Waals surface area contributed by atoms with Crippen LogP contribution in [-0.2, 0) is 0 Å². The van der Waals surface area contributed by atoms with Gasteiger partial charge in [-0.15, -0.1) is 0 Å². The number of fused-ring (bicyclic) bond motifs is 6. The van der Waals surface area contributed by atoms with Crippen molar-refractivity contribution in [1.82, 2.24) is 9.97 Å². The molecule has 3 nitrogen and oxygen atoms in total. The van der Waals surface area contributed by atoms with Gasteiger partial charge in [0.1, 0.15) is 11.2 Å². The minimum Gasteiger partial charge on any atom is -0.455 e. The summed E-state index contributed by atoms with van der Waals surface area (Å²) in [5, 5.41) is 4.32. The predicted octanol–water partition coefficient (Wildman–Crippen LogP) is 13.0. The first kappa shape index (κ1) is 29.1. The van der Waals surface area contributed by atoms with E-state index in [-0.39, 0.29) is 0 Å². The highest BCUT2D eigenvalue weighted by Crippen LogP contribution is 2.45. The largest absolute Gasteiger partial charge is 0.455 e. The van der Waals surface area contributed by atoms with Crippen molar-refractivity contribution in [1.29, 1.82) is 0 Å². The van der Waals surface area contributed by atoms with Crippen molar-refractivity contribution in [3.05, 3.63) is 182 Å². The molecule has 0 fully saturated rings. The van der Waals surface area contributed by atoms with Gasteiger partial charge in [0.25, 0.3) is 0 Å². The van der Waals surface area contributed by atoms with Crippen molar-refractivity contribution in [2.75, 3.05) is 0 Å². The number of nitrogens with zero attached hydrogens (tertiary/aromatic N) is 2. The SMILES string of the molecule is c1ccc(-c2cccc(-c3ccc(-c4cccc5c4oc4c(-c6ccccc6)c(-c6ccnc7c6ccc6ncccc67)ccc45)cc3)c2)cc1. The van der Waals surface area contributed by atoms with Crippen molar-refractivity contribution in [3.8, 4) is 55.6 Å². The topological polar surface area (TPSA) is 38.9 Å². The van der Waals surface area contributed by atoms with Gasteiger partial charge < -0.3 is 4.42 Å². The third kappa shape index (κ3) is 4.90. The highest BCUT2D eigenvalue weighted by Gasteiger charge is 2.21. The molecule has 3 aromatic heterocycles. The number of furan rings is 1. The zero-order chi connectivity index (χ0) is 33.7. The van der Waals surface area contributed by atoms with Crippen LogP contribution in [0.1, 0.15) is 0 Å². The lowest BCUT2D eigenvalue weighted by atomic mass is 9.90. The van der Waals surface area contributed by atoms with E-state index in [9.17, 15) is 0 Å². The van der Waals surface area contributed by atoms with Gasteiger partial charge in [0.15, 0.2) is 0 Å². The number of hydrogen-bond donors (Lipinski definition) is 0. The summed E-state index contributed by atoms with van der Waals surface area (Å²) in [6.07, 6.45) is 3.73. The van der Waals surface area contributed by atoms with Crippen LogP contribution in [0, 0.1) is 0 Å². The Labute approximate surface area is 295 Å². The van der Waals surface area contributed by atoms with Crippen molar-refractivity contribution < 1.29 is 4.42 Å². The summed E-state index contributed by atoms with van der Waals surface area (Å²) in [7, 11) is 0. The summed E-state index contributed by atoms with van der Waals surface area (Å²) >= 11 is 0. The molecule has 0 aliphatic rings. The van der Waals surface area contributed by atoms with Gasteiger partial charge >= 0.3 is 0 Å². The van der Waals surface area contributed by atoms with E-state index in [0.717, 1.165) is 77.1 Å². The van der Waals surface area contributed by atoms with Crippen molar-refractivity contribution in [3.63, 3.8) is 0 Å². The van der Waals surface area contributed by atoms with Crippen LogP contribution < -0.4 is 0 Å². The van der Waals surface area contributed by atoms with E-state index in [0.29, 0.717) is 0 Å². The maximum Gasteiger partial charge on any atom is 0.143 e. The fourth-order valence-electron chi connectivity index (χ4n) is 7.56. The lowest BCUT2D eigenvalue weighted by Gasteiger charge is -2.14. The lowest BCUT2D eigenvalue weighted by molar-refractivity contribution is 0.671.